The molecule has 5 N–H and O–H groups in total. The van der Waals surface area contributed by atoms with E-state index in [-0.39, 0.29) is 0 Å². The molecule has 3 atom stereocenters. The van der Waals surface area contributed by atoms with Crippen molar-refractivity contribution in [2.24, 2.45) is 5.73 Å². The molecule has 0 rings (SSSR count). The number of nitrogens with two attached hydrogens (primary N) is 1. The summed E-state index contributed by atoms with van der Waals surface area (Å²) in [7, 11) is -2.94. The van der Waals surface area contributed by atoms with Gasteiger partial charge in [-0.25, -0.2) is 0 Å². The number of halogens is 17. The summed E-state index contributed by atoms with van der Waals surface area (Å²) in [6, 6.07) is -1.20. The lowest BCUT2D eigenvalue weighted by molar-refractivity contribution is -0.461. The molecule has 3 unspecified atom stereocenters. The summed E-state index contributed by atoms with van der Waals surface area (Å²) in [6.45, 7) is 0. The summed E-state index contributed by atoms with van der Waals surface area (Å²) in [5.74, 6) is -63.1. The first-order valence-electron chi connectivity index (χ1n) is 10.8. The molecule has 0 saturated carbocycles. The summed E-state index contributed by atoms with van der Waals surface area (Å²) in [4.78, 5) is 22.1. The molecule has 43 heavy (non-hydrogen) atoms. The molecule has 1 amide bonds. The third kappa shape index (κ3) is 8.11. The van der Waals surface area contributed by atoms with Crippen LogP contribution in [0.2, 0.25) is 0 Å². The fourth-order valence-corrected chi connectivity index (χ4v) is 3.92. The maximum Gasteiger partial charge on any atom is 0.460 e. The van der Waals surface area contributed by atoms with E-state index in [4.69, 9.17) is 10.8 Å². The van der Waals surface area contributed by atoms with E-state index in [0.29, 0.717) is 0 Å². The highest BCUT2D eigenvalue weighted by atomic mass is 32.2. The molecule has 0 aromatic rings. The van der Waals surface area contributed by atoms with E-state index in [1.165, 1.54) is 0 Å². The van der Waals surface area contributed by atoms with Crippen molar-refractivity contribution in [3.8, 4) is 0 Å². The van der Waals surface area contributed by atoms with Crippen LogP contribution in [0.15, 0.2) is 0 Å². The lowest BCUT2D eigenvalue weighted by atomic mass is 9.88. The van der Waals surface area contributed by atoms with Crippen LogP contribution in [0.4, 0.5) is 74.6 Å². The monoisotopic (exact) mass is 698 g/mol. The van der Waals surface area contributed by atoms with Gasteiger partial charge in [0.2, 0.25) is 5.91 Å². The highest BCUT2D eigenvalue weighted by Crippen LogP contribution is 2.64. The predicted octanol–water partition coefficient (Wildman–Crippen LogP) is 4.15. The molecule has 0 spiro atoms. The van der Waals surface area contributed by atoms with E-state index in [1.807, 2.05) is 0 Å². The molecule has 0 aliphatic carbocycles. The molecule has 0 aromatic heterocycles. The first-order valence-corrected chi connectivity index (χ1v) is 12.2. The van der Waals surface area contributed by atoms with Crippen molar-refractivity contribution in [3.05, 3.63) is 0 Å². The third-order valence-corrected chi connectivity index (χ3v) is 6.60. The van der Waals surface area contributed by atoms with Gasteiger partial charge in [-0.2, -0.15) is 74.6 Å². The maximum absolute atomic E-state index is 13.9. The SMILES string of the molecule is NC(CC(=O)O)CC(O)NC(=O)CCS(=O)CCC(F)(F)C(F)(F)C(F)(F)C(F)(F)C(F)(F)C(F)(F)C(F)(F)C(F)(F)F. The Morgan fingerprint density at radius 2 is 1.09 bits per heavy atom. The highest BCUT2D eigenvalue weighted by Gasteiger charge is 2.95. The van der Waals surface area contributed by atoms with Crippen LogP contribution in [0.1, 0.15) is 25.7 Å². The molecule has 0 saturated heterocycles. The average molecular weight is 698 g/mol. The minimum absolute atomic E-state index is 0.569. The summed E-state index contributed by atoms with van der Waals surface area (Å²) in [6.07, 6.45) is -14.9. The largest absolute Gasteiger partial charge is 0.481 e. The highest BCUT2D eigenvalue weighted by molar-refractivity contribution is 7.84. The number of carbonyl (C=O) groups is 2. The number of carboxylic acid groups (broad SMARTS) is 1. The van der Waals surface area contributed by atoms with Gasteiger partial charge in [-0.1, -0.05) is 0 Å². The van der Waals surface area contributed by atoms with Crippen LogP contribution in [0.5, 0.6) is 0 Å². The molecule has 0 bridgehead atoms. The number of rotatable bonds is 17. The van der Waals surface area contributed by atoms with E-state index in [1.54, 1.807) is 5.32 Å². The van der Waals surface area contributed by atoms with Crippen LogP contribution in [-0.2, 0) is 20.4 Å². The van der Waals surface area contributed by atoms with Crippen molar-refractivity contribution in [2.75, 3.05) is 11.5 Å². The lowest BCUT2D eigenvalue weighted by Gasteiger charge is -2.42. The van der Waals surface area contributed by atoms with Gasteiger partial charge in [0.05, 0.1) is 6.42 Å². The van der Waals surface area contributed by atoms with Gasteiger partial charge < -0.3 is 21.3 Å². The van der Waals surface area contributed by atoms with Gasteiger partial charge in [-0.3, -0.25) is 13.8 Å². The summed E-state index contributed by atoms with van der Waals surface area (Å²) >= 11 is 0. The molecular formula is C18H19F17N2O5S. The van der Waals surface area contributed by atoms with E-state index in [0.717, 1.165) is 0 Å². The zero-order valence-corrected chi connectivity index (χ0v) is 21.2. The van der Waals surface area contributed by atoms with Crippen molar-refractivity contribution >= 4 is 22.7 Å². The van der Waals surface area contributed by atoms with Crippen LogP contribution >= 0.6 is 0 Å². The van der Waals surface area contributed by atoms with Gasteiger partial charge in [0.1, 0.15) is 6.23 Å². The number of aliphatic hydroxyl groups is 1. The van der Waals surface area contributed by atoms with E-state index in [2.05, 4.69) is 0 Å². The first kappa shape index (κ1) is 40.8. The summed E-state index contributed by atoms with van der Waals surface area (Å²) in [5, 5.41) is 19.7. The number of amides is 1. The smallest absolute Gasteiger partial charge is 0.460 e. The van der Waals surface area contributed by atoms with E-state index < -0.39 is 120 Å². The molecule has 0 aromatic carbocycles. The van der Waals surface area contributed by atoms with Gasteiger partial charge in [-0.15, -0.1) is 0 Å². The number of carboxylic acids is 1. The minimum Gasteiger partial charge on any atom is -0.481 e. The molecular weight excluding hydrogens is 679 g/mol. The Morgan fingerprint density at radius 1 is 0.698 bits per heavy atom. The Kier molecular flexibility index (Phi) is 12.4. The van der Waals surface area contributed by atoms with Gasteiger partial charge >= 0.3 is 53.6 Å². The number of hydrogen-bond acceptors (Lipinski definition) is 5. The van der Waals surface area contributed by atoms with Crippen LogP contribution < -0.4 is 11.1 Å². The second kappa shape index (κ2) is 13.0. The normalized spacial score (nSPS) is 16.9. The zero-order chi connectivity index (χ0) is 34.8. The van der Waals surface area contributed by atoms with Crippen molar-refractivity contribution in [1.82, 2.24) is 5.32 Å². The molecule has 25 heteroatoms. The Labute approximate surface area is 230 Å². The molecule has 0 fully saturated rings. The third-order valence-electron chi connectivity index (χ3n) is 5.28. The molecule has 0 radical (unpaired) electrons. The molecule has 7 nitrogen and oxygen atoms in total. The standard InChI is InChI=1S/C18H19F17N2O5S/c19-11(20,2-4-43(42)3-1-8(38)37-9(39)5-7(36)6-10(40)41)12(21,22)13(23,24)14(25,26)15(27,28)16(29,30)17(31,32)18(33,34)35/h7,9,39H,1-6,36H2,(H,37,38)(H,40,41). The number of aliphatic hydroxyl groups excluding tert-OH is 1. The Morgan fingerprint density at radius 3 is 1.49 bits per heavy atom. The molecule has 0 aliphatic heterocycles. The maximum atomic E-state index is 13.9. The van der Waals surface area contributed by atoms with Crippen LogP contribution in [-0.4, -0.2) is 97.7 Å². The van der Waals surface area contributed by atoms with Gasteiger partial charge in [0.25, 0.3) is 0 Å². The van der Waals surface area contributed by atoms with Crippen molar-refractivity contribution in [2.45, 2.75) is 85.6 Å². The number of alkyl halides is 17. The predicted molar refractivity (Wildman–Crippen MR) is 107 cm³/mol. The fourth-order valence-electron chi connectivity index (χ4n) is 2.82. The number of hydrogen-bond donors (Lipinski definition) is 4. The Balaban J connectivity index is 5.68. The van der Waals surface area contributed by atoms with E-state index in [9.17, 15) is 93.5 Å². The molecule has 256 valence electrons. The Bertz CT molecular complexity index is 1020. The first-order chi connectivity index (χ1) is 18.7. The summed E-state index contributed by atoms with van der Waals surface area (Å²) in [5.41, 5.74) is 5.30. The van der Waals surface area contributed by atoms with Gasteiger partial charge in [0.15, 0.2) is 0 Å². The van der Waals surface area contributed by atoms with Crippen molar-refractivity contribution in [1.29, 1.82) is 0 Å². The second-order valence-corrected chi connectivity index (χ2v) is 10.4. The number of carbonyl (C=O) groups excluding carboxylic acids is 1. The quantitative estimate of drug-likeness (QED) is 0.134. The minimum atomic E-state index is -8.75. The van der Waals surface area contributed by atoms with E-state index >= 15 is 0 Å². The van der Waals surface area contributed by atoms with Crippen molar-refractivity contribution in [3.63, 3.8) is 0 Å². The molecule has 0 heterocycles. The van der Waals surface area contributed by atoms with Crippen LogP contribution in [0, 0.1) is 0 Å². The zero-order valence-electron chi connectivity index (χ0n) is 20.4. The summed E-state index contributed by atoms with van der Waals surface area (Å²) < 4.78 is 237. The average Bonchev–Trinajstić information content (AvgIpc) is 2.79. The molecule has 0 aliphatic rings. The van der Waals surface area contributed by atoms with Crippen LogP contribution in [0.25, 0.3) is 0 Å². The second-order valence-electron chi connectivity index (χ2n) is 8.67. The Hall–Kier alpha value is -2.18. The lowest BCUT2D eigenvalue weighted by Crippen LogP contribution is -2.74. The topological polar surface area (TPSA) is 130 Å². The van der Waals surface area contributed by atoms with Crippen LogP contribution in [0.3, 0.4) is 0 Å². The number of nitrogens with one attached hydrogen (secondary N) is 1. The van der Waals surface area contributed by atoms with Crippen molar-refractivity contribution < 1.29 is 98.6 Å². The van der Waals surface area contributed by atoms with Gasteiger partial charge in [-0.05, 0) is 0 Å². The fraction of sp³-hybridized carbons (Fsp3) is 0.889. The van der Waals surface area contributed by atoms with Gasteiger partial charge in [0, 0.05) is 47.6 Å². The number of aliphatic carboxylic acids is 1.